The van der Waals surface area contributed by atoms with Gasteiger partial charge in [-0.25, -0.2) is 0 Å². The Balaban J connectivity index is 2.42. The van der Waals surface area contributed by atoms with E-state index >= 15 is 0 Å². The maximum Gasteiger partial charge on any atom is 0.110 e. The fraction of sp³-hybridized carbons (Fsp3) is 0.294. The van der Waals surface area contributed by atoms with Crippen LogP contribution in [0.2, 0.25) is 0 Å². The van der Waals surface area contributed by atoms with Crippen molar-refractivity contribution in [3.05, 3.63) is 64.7 Å². The lowest BCUT2D eigenvalue weighted by Gasteiger charge is -2.20. The SMILES string of the molecule is Cc1cc(C)c(C(Sc2ccccc2)S(C)=O)c(C)c1. The minimum atomic E-state index is -0.919. The van der Waals surface area contributed by atoms with Crippen molar-refractivity contribution in [1.82, 2.24) is 0 Å². The molecule has 0 aromatic heterocycles. The maximum atomic E-state index is 12.2. The Hall–Kier alpha value is -1.06. The van der Waals surface area contributed by atoms with Crippen LogP contribution in [-0.4, -0.2) is 10.5 Å². The Labute approximate surface area is 128 Å². The molecule has 2 unspecified atom stereocenters. The summed E-state index contributed by atoms with van der Waals surface area (Å²) in [5.41, 5.74) is 4.93. The summed E-state index contributed by atoms with van der Waals surface area (Å²) in [7, 11) is -0.919. The predicted molar refractivity (Wildman–Crippen MR) is 89.8 cm³/mol. The largest absolute Gasteiger partial charge is 0.258 e. The molecule has 0 saturated heterocycles. The second kappa shape index (κ2) is 6.59. The molecule has 0 bridgehead atoms. The number of hydrogen-bond donors (Lipinski definition) is 0. The first-order valence-corrected chi connectivity index (χ1v) is 9.11. The Morgan fingerprint density at radius 1 is 1.00 bits per heavy atom. The molecule has 0 aliphatic carbocycles. The summed E-state index contributed by atoms with van der Waals surface area (Å²) in [5.74, 6) is 0. The van der Waals surface area contributed by atoms with Gasteiger partial charge in [-0.1, -0.05) is 35.9 Å². The van der Waals surface area contributed by atoms with Gasteiger partial charge in [0.2, 0.25) is 0 Å². The molecule has 2 aromatic rings. The van der Waals surface area contributed by atoms with Gasteiger partial charge < -0.3 is 0 Å². The Bertz CT molecular complexity index is 597. The summed E-state index contributed by atoms with van der Waals surface area (Å²) in [6.45, 7) is 6.33. The van der Waals surface area contributed by atoms with Crippen molar-refractivity contribution >= 4 is 22.6 Å². The molecule has 2 rings (SSSR count). The zero-order valence-corrected chi connectivity index (χ0v) is 14.0. The molecule has 0 saturated carbocycles. The molecule has 0 heterocycles. The summed E-state index contributed by atoms with van der Waals surface area (Å²) in [6, 6.07) is 14.5. The molecule has 1 nitrogen and oxygen atoms in total. The molecule has 0 N–H and O–H groups in total. The van der Waals surface area contributed by atoms with Crippen molar-refractivity contribution < 1.29 is 4.21 Å². The molecule has 106 valence electrons. The van der Waals surface area contributed by atoms with E-state index in [1.807, 2.05) is 18.2 Å². The van der Waals surface area contributed by atoms with E-state index in [2.05, 4.69) is 45.0 Å². The topological polar surface area (TPSA) is 17.1 Å². The van der Waals surface area contributed by atoms with Crippen LogP contribution >= 0.6 is 11.8 Å². The highest BCUT2D eigenvalue weighted by Crippen LogP contribution is 2.40. The molecule has 0 aliphatic rings. The number of thioether (sulfide) groups is 1. The molecule has 0 fully saturated rings. The van der Waals surface area contributed by atoms with Crippen molar-refractivity contribution in [2.24, 2.45) is 0 Å². The predicted octanol–water partition coefficient (Wildman–Crippen LogP) is 4.78. The van der Waals surface area contributed by atoms with Gasteiger partial charge in [0.15, 0.2) is 0 Å². The quantitative estimate of drug-likeness (QED) is 0.756. The summed E-state index contributed by atoms with van der Waals surface area (Å²) >= 11 is 1.68. The molecule has 3 heteroatoms. The van der Waals surface area contributed by atoms with Crippen molar-refractivity contribution in [2.45, 2.75) is 30.2 Å². The molecule has 2 aromatic carbocycles. The first-order chi connectivity index (χ1) is 9.49. The second-order valence-corrected chi connectivity index (χ2v) is 8.02. The van der Waals surface area contributed by atoms with Gasteiger partial charge in [-0.15, -0.1) is 11.8 Å². The highest BCUT2D eigenvalue weighted by atomic mass is 32.2. The molecular weight excluding hydrogens is 284 g/mol. The summed E-state index contributed by atoms with van der Waals surface area (Å²) in [6.07, 6.45) is 1.79. The minimum Gasteiger partial charge on any atom is -0.258 e. The van der Waals surface area contributed by atoms with E-state index in [0.29, 0.717) is 0 Å². The van der Waals surface area contributed by atoms with Crippen molar-refractivity contribution in [2.75, 3.05) is 6.26 Å². The third-order valence-corrected chi connectivity index (χ3v) is 6.20. The normalized spacial score (nSPS) is 14.0. The number of hydrogen-bond acceptors (Lipinski definition) is 2. The first kappa shape index (κ1) is 15.3. The van der Waals surface area contributed by atoms with Crippen LogP contribution < -0.4 is 0 Å². The van der Waals surface area contributed by atoms with Crippen molar-refractivity contribution in [1.29, 1.82) is 0 Å². The van der Waals surface area contributed by atoms with Crippen molar-refractivity contribution in [3.63, 3.8) is 0 Å². The van der Waals surface area contributed by atoms with Gasteiger partial charge in [-0.05, 0) is 49.6 Å². The van der Waals surface area contributed by atoms with Gasteiger partial charge in [-0.2, -0.15) is 0 Å². The maximum absolute atomic E-state index is 12.2. The van der Waals surface area contributed by atoms with Gasteiger partial charge in [0.1, 0.15) is 4.58 Å². The Morgan fingerprint density at radius 2 is 1.55 bits per heavy atom. The smallest absolute Gasteiger partial charge is 0.110 e. The summed E-state index contributed by atoms with van der Waals surface area (Å²) in [5, 5.41) is 0. The van der Waals surface area contributed by atoms with E-state index in [1.54, 1.807) is 18.0 Å². The van der Waals surface area contributed by atoms with E-state index in [0.717, 1.165) is 4.90 Å². The van der Waals surface area contributed by atoms with Crippen LogP contribution in [0.15, 0.2) is 47.4 Å². The molecule has 0 spiro atoms. The van der Waals surface area contributed by atoms with Crippen LogP contribution in [0, 0.1) is 20.8 Å². The molecular formula is C17H20OS2. The molecule has 20 heavy (non-hydrogen) atoms. The fourth-order valence-electron chi connectivity index (χ4n) is 2.48. The second-order valence-electron chi connectivity index (χ2n) is 5.07. The molecule has 0 aliphatic heterocycles. The van der Waals surface area contributed by atoms with Gasteiger partial charge in [0.05, 0.1) is 0 Å². The lowest BCUT2D eigenvalue weighted by atomic mass is 10.0. The van der Waals surface area contributed by atoms with Gasteiger partial charge in [0, 0.05) is 22.0 Å². The number of benzene rings is 2. The van der Waals surface area contributed by atoms with Crippen LogP contribution in [0.25, 0.3) is 0 Å². The monoisotopic (exact) mass is 304 g/mol. The van der Waals surface area contributed by atoms with E-state index in [1.165, 1.54) is 22.3 Å². The summed E-state index contributed by atoms with van der Waals surface area (Å²) in [4.78, 5) is 1.16. The van der Waals surface area contributed by atoms with Gasteiger partial charge >= 0.3 is 0 Å². The molecule has 0 amide bonds. The van der Waals surface area contributed by atoms with Crippen LogP contribution in [0.4, 0.5) is 0 Å². The summed E-state index contributed by atoms with van der Waals surface area (Å²) < 4.78 is 12.2. The zero-order valence-electron chi connectivity index (χ0n) is 12.3. The van der Waals surface area contributed by atoms with Crippen LogP contribution in [-0.2, 0) is 10.8 Å². The highest BCUT2D eigenvalue weighted by molar-refractivity contribution is 8.10. The molecule has 0 radical (unpaired) electrons. The first-order valence-electron chi connectivity index (χ1n) is 6.60. The number of aryl methyl sites for hydroxylation is 3. The zero-order chi connectivity index (χ0) is 14.7. The van der Waals surface area contributed by atoms with E-state index in [-0.39, 0.29) is 4.58 Å². The average molecular weight is 304 g/mol. The van der Waals surface area contributed by atoms with Gasteiger partial charge in [0.25, 0.3) is 0 Å². The average Bonchev–Trinajstić information content (AvgIpc) is 2.37. The minimum absolute atomic E-state index is 0.0157. The Morgan fingerprint density at radius 3 is 2.05 bits per heavy atom. The lowest BCUT2D eigenvalue weighted by Crippen LogP contribution is -2.06. The highest BCUT2D eigenvalue weighted by Gasteiger charge is 2.21. The fourth-order valence-corrected chi connectivity index (χ4v) is 5.11. The van der Waals surface area contributed by atoms with E-state index < -0.39 is 10.8 Å². The standard InChI is InChI=1S/C17H20OS2/c1-12-10-13(2)16(14(3)11-12)17(20(4)18)19-15-8-6-5-7-9-15/h5-11,17H,1-4H3. The van der Waals surface area contributed by atoms with E-state index in [4.69, 9.17) is 0 Å². The number of rotatable bonds is 4. The third kappa shape index (κ3) is 3.53. The van der Waals surface area contributed by atoms with Gasteiger partial charge in [-0.3, -0.25) is 4.21 Å². The van der Waals surface area contributed by atoms with Crippen LogP contribution in [0.1, 0.15) is 26.8 Å². The molecule has 2 atom stereocenters. The van der Waals surface area contributed by atoms with Crippen LogP contribution in [0.3, 0.4) is 0 Å². The third-order valence-electron chi connectivity index (χ3n) is 3.26. The Kier molecular flexibility index (Phi) is 5.06. The van der Waals surface area contributed by atoms with E-state index in [9.17, 15) is 4.21 Å². The van der Waals surface area contributed by atoms with Crippen LogP contribution in [0.5, 0.6) is 0 Å². The lowest BCUT2D eigenvalue weighted by molar-refractivity contribution is 0.685. The van der Waals surface area contributed by atoms with Crippen molar-refractivity contribution in [3.8, 4) is 0 Å².